The minimum absolute atomic E-state index is 0.195. The largest absolute Gasteiger partial charge is 0.480 e. The Morgan fingerprint density at radius 2 is 2.08 bits per heavy atom. The highest BCUT2D eigenvalue weighted by atomic mass is 16.4. The SMILES string of the molecule is NCCCNC(=O)CC(N)C(=O)O. The number of nitrogens with one attached hydrogen (secondary N) is 1. The van der Waals surface area contributed by atoms with E-state index in [1.807, 2.05) is 0 Å². The van der Waals surface area contributed by atoms with Gasteiger partial charge < -0.3 is 21.9 Å². The summed E-state index contributed by atoms with van der Waals surface area (Å²) in [6.45, 7) is 0.951. The van der Waals surface area contributed by atoms with E-state index in [2.05, 4.69) is 5.32 Å². The number of nitrogens with two attached hydrogens (primary N) is 2. The van der Waals surface area contributed by atoms with E-state index in [0.717, 1.165) is 0 Å². The summed E-state index contributed by atoms with van der Waals surface area (Å²) in [5.74, 6) is -1.53. The third-order valence-electron chi connectivity index (χ3n) is 1.43. The zero-order valence-electron chi connectivity index (χ0n) is 7.32. The molecule has 1 atom stereocenters. The normalized spacial score (nSPS) is 12.2. The third kappa shape index (κ3) is 6.06. The van der Waals surface area contributed by atoms with Crippen LogP contribution in [0.15, 0.2) is 0 Å². The van der Waals surface area contributed by atoms with Crippen LogP contribution in [-0.4, -0.2) is 36.1 Å². The summed E-state index contributed by atoms with van der Waals surface area (Å²) in [6, 6.07) is -1.13. The minimum Gasteiger partial charge on any atom is -0.480 e. The molecule has 0 aromatic carbocycles. The lowest BCUT2D eigenvalue weighted by molar-refractivity contribution is -0.140. The first-order valence-corrected chi connectivity index (χ1v) is 4.03. The van der Waals surface area contributed by atoms with Crippen molar-refractivity contribution < 1.29 is 14.7 Å². The van der Waals surface area contributed by atoms with Crippen molar-refractivity contribution in [3.8, 4) is 0 Å². The van der Waals surface area contributed by atoms with E-state index in [9.17, 15) is 9.59 Å². The highest BCUT2D eigenvalue weighted by Gasteiger charge is 2.15. The Morgan fingerprint density at radius 1 is 1.46 bits per heavy atom. The van der Waals surface area contributed by atoms with Crippen LogP contribution in [0.1, 0.15) is 12.8 Å². The van der Waals surface area contributed by atoms with E-state index in [-0.39, 0.29) is 12.3 Å². The molecule has 0 aromatic rings. The van der Waals surface area contributed by atoms with Gasteiger partial charge in [0.2, 0.25) is 5.91 Å². The number of carbonyl (C=O) groups excluding carboxylic acids is 1. The first kappa shape index (κ1) is 11.9. The zero-order chi connectivity index (χ0) is 10.3. The number of rotatable bonds is 6. The summed E-state index contributed by atoms with van der Waals surface area (Å²) in [5.41, 5.74) is 10.3. The number of carbonyl (C=O) groups is 2. The molecule has 0 saturated heterocycles. The monoisotopic (exact) mass is 189 g/mol. The predicted octanol–water partition coefficient (Wildman–Crippen LogP) is -1.75. The number of amides is 1. The van der Waals surface area contributed by atoms with Gasteiger partial charge in [-0.15, -0.1) is 0 Å². The first-order chi connectivity index (χ1) is 6.07. The van der Waals surface area contributed by atoms with Crippen LogP contribution in [0.2, 0.25) is 0 Å². The van der Waals surface area contributed by atoms with Crippen molar-refractivity contribution in [3.63, 3.8) is 0 Å². The Kier molecular flexibility index (Phi) is 5.82. The van der Waals surface area contributed by atoms with Crippen LogP contribution in [0.4, 0.5) is 0 Å². The highest BCUT2D eigenvalue weighted by Crippen LogP contribution is 1.87. The van der Waals surface area contributed by atoms with Crippen molar-refractivity contribution in [1.82, 2.24) is 5.32 Å². The van der Waals surface area contributed by atoms with Crippen LogP contribution >= 0.6 is 0 Å². The standard InChI is InChI=1S/C7H15N3O3/c8-2-1-3-10-6(11)4-5(9)7(12)13/h5H,1-4,8-9H2,(H,10,11)(H,12,13). The van der Waals surface area contributed by atoms with E-state index in [4.69, 9.17) is 16.6 Å². The molecule has 0 heterocycles. The molecule has 0 radical (unpaired) electrons. The van der Waals surface area contributed by atoms with E-state index < -0.39 is 12.0 Å². The summed E-state index contributed by atoms with van der Waals surface area (Å²) >= 11 is 0. The lowest BCUT2D eigenvalue weighted by Crippen LogP contribution is -2.37. The van der Waals surface area contributed by atoms with Crippen molar-refractivity contribution in [2.45, 2.75) is 18.9 Å². The van der Waals surface area contributed by atoms with Crippen LogP contribution in [0, 0.1) is 0 Å². The van der Waals surface area contributed by atoms with Crippen LogP contribution in [0.3, 0.4) is 0 Å². The number of hydrogen-bond donors (Lipinski definition) is 4. The molecule has 6 nitrogen and oxygen atoms in total. The Hall–Kier alpha value is -1.14. The maximum Gasteiger partial charge on any atom is 0.321 e. The van der Waals surface area contributed by atoms with Gasteiger partial charge in [-0.3, -0.25) is 9.59 Å². The second-order valence-corrected chi connectivity index (χ2v) is 2.64. The molecule has 13 heavy (non-hydrogen) atoms. The van der Waals surface area contributed by atoms with Gasteiger partial charge in [0.15, 0.2) is 0 Å². The lowest BCUT2D eigenvalue weighted by Gasteiger charge is -2.06. The molecule has 0 aliphatic rings. The quantitative estimate of drug-likeness (QED) is 0.370. The maximum atomic E-state index is 10.9. The molecule has 0 aromatic heterocycles. The summed E-state index contributed by atoms with van der Waals surface area (Å²) in [4.78, 5) is 21.2. The van der Waals surface area contributed by atoms with Gasteiger partial charge in [0.1, 0.15) is 6.04 Å². The van der Waals surface area contributed by atoms with Gasteiger partial charge in [-0.1, -0.05) is 0 Å². The van der Waals surface area contributed by atoms with Gasteiger partial charge in [-0.25, -0.2) is 0 Å². The fourth-order valence-corrected chi connectivity index (χ4v) is 0.689. The Labute approximate surface area is 76.3 Å². The molecule has 1 amide bonds. The van der Waals surface area contributed by atoms with Gasteiger partial charge in [0.25, 0.3) is 0 Å². The summed E-state index contributed by atoms with van der Waals surface area (Å²) < 4.78 is 0. The van der Waals surface area contributed by atoms with Crippen molar-refractivity contribution in [1.29, 1.82) is 0 Å². The average Bonchev–Trinajstić information content (AvgIpc) is 2.04. The fraction of sp³-hybridized carbons (Fsp3) is 0.714. The van der Waals surface area contributed by atoms with Crippen molar-refractivity contribution in [2.24, 2.45) is 11.5 Å². The van der Waals surface area contributed by atoms with Gasteiger partial charge >= 0.3 is 5.97 Å². The molecule has 0 saturated carbocycles. The highest BCUT2D eigenvalue weighted by molar-refractivity contribution is 5.84. The molecular formula is C7H15N3O3. The van der Waals surface area contributed by atoms with E-state index in [1.54, 1.807) is 0 Å². The molecule has 6 N–H and O–H groups in total. The van der Waals surface area contributed by atoms with Crippen molar-refractivity contribution in [3.05, 3.63) is 0 Å². The summed E-state index contributed by atoms with van der Waals surface area (Å²) in [5, 5.41) is 10.9. The summed E-state index contributed by atoms with van der Waals surface area (Å²) in [6.07, 6.45) is 0.480. The molecule has 0 aliphatic carbocycles. The lowest BCUT2D eigenvalue weighted by atomic mass is 10.2. The topological polar surface area (TPSA) is 118 Å². The van der Waals surface area contributed by atoms with E-state index in [1.165, 1.54) is 0 Å². The Morgan fingerprint density at radius 3 is 2.54 bits per heavy atom. The molecule has 1 unspecified atom stereocenters. The second-order valence-electron chi connectivity index (χ2n) is 2.64. The molecule has 0 spiro atoms. The first-order valence-electron chi connectivity index (χ1n) is 4.03. The zero-order valence-corrected chi connectivity index (χ0v) is 7.32. The van der Waals surface area contributed by atoms with E-state index >= 15 is 0 Å². The molecule has 6 heteroatoms. The van der Waals surface area contributed by atoms with Crippen LogP contribution in [0.5, 0.6) is 0 Å². The molecule has 0 rings (SSSR count). The van der Waals surface area contributed by atoms with Gasteiger partial charge in [-0.2, -0.15) is 0 Å². The fourth-order valence-electron chi connectivity index (χ4n) is 0.689. The number of carboxylic acids is 1. The molecule has 0 fully saturated rings. The van der Waals surface area contributed by atoms with Gasteiger partial charge in [0.05, 0.1) is 6.42 Å². The Bertz CT molecular complexity index is 184. The maximum absolute atomic E-state index is 10.9. The van der Waals surface area contributed by atoms with Crippen LogP contribution in [0.25, 0.3) is 0 Å². The molecule has 0 aliphatic heterocycles. The van der Waals surface area contributed by atoms with Crippen molar-refractivity contribution >= 4 is 11.9 Å². The predicted molar refractivity (Wildman–Crippen MR) is 46.9 cm³/mol. The molecule has 76 valence electrons. The van der Waals surface area contributed by atoms with Crippen LogP contribution in [-0.2, 0) is 9.59 Å². The third-order valence-corrected chi connectivity index (χ3v) is 1.43. The van der Waals surface area contributed by atoms with Gasteiger partial charge in [-0.05, 0) is 13.0 Å². The number of carboxylic acid groups (broad SMARTS) is 1. The minimum atomic E-state index is -1.17. The van der Waals surface area contributed by atoms with E-state index in [0.29, 0.717) is 19.5 Å². The van der Waals surface area contributed by atoms with Gasteiger partial charge in [0, 0.05) is 6.54 Å². The smallest absolute Gasteiger partial charge is 0.321 e. The molecular weight excluding hydrogens is 174 g/mol. The average molecular weight is 189 g/mol. The second kappa shape index (κ2) is 6.38. The number of hydrogen-bond acceptors (Lipinski definition) is 4. The van der Waals surface area contributed by atoms with Crippen LogP contribution < -0.4 is 16.8 Å². The molecule has 0 bridgehead atoms. The summed E-state index contributed by atoms with van der Waals surface area (Å²) in [7, 11) is 0. The number of aliphatic carboxylic acids is 1. The van der Waals surface area contributed by atoms with Crippen molar-refractivity contribution in [2.75, 3.05) is 13.1 Å². The Balaban J connectivity index is 3.56.